The average Bonchev–Trinajstić information content (AvgIpc) is 3.07. The van der Waals surface area contributed by atoms with E-state index in [1.807, 2.05) is 6.08 Å². The first-order valence-corrected chi connectivity index (χ1v) is 10.5. The predicted molar refractivity (Wildman–Crippen MR) is 113 cm³/mol. The van der Waals surface area contributed by atoms with Gasteiger partial charge in [-0.25, -0.2) is 0 Å². The Hall–Kier alpha value is -2.03. The van der Waals surface area contributed by atoms with Crippen LogP contribution in [0.1, 0.15) is 88.0 Å². The molecule has 2 unspecified atom stereocenters. The Morgan fingerprint density at radius 1 is 1.37 bits per heavy atom. The van der Waals surface area contributed by atoms with Gasteiger partial charge in [0.2, 0.25) is 0 Å². The number of rotatable bonds is 9. The van der Waals surface area contributed by atoms with Crippen LogP contribution in [0.25, 0.3) is 10.9 Å². The molecule has 146 valence electrons. The summed E-state index contributed by atoms with van der Waals surface area (Å²) < 4.78 is 0. The number of para-hydroxylation sites is 1. The molecule has 1 heterocycles. The van der Waals surface area contributed by atoms with E-state index in [0.717, 1.165) is 32.1 Å². The highest BCUT2D eigenvalue weighted by molar-refractivity contribution is 5.89. The molecule has 2 aromatic rings. The average molecular weight is 368 g/mol. The summed E-state index contributed by atoms with van der Waals surface area (Å²) >= 11 is 0. The quantitative estimate of drug-likeness (QED) is 0.394. The van der Waals surface area contributed by atoms with E-state index in [-0.39, 0.29) is 11.8 Å². The molecule has 0 aliphatic heterocycles. The lowest BCUT2D eigenvalue weighted by molar-refractivity contribution is -0.138. The van der Waals surface area contributed by atoms with E-state index in [4.69, 9.17) is 0 Å². The Bertz CT molecular complexity index is 819. The second-order valence-corrected chi connectivity index (χ2v) is 8.12. The maximum absolute atomic E-state index is 11.7. The van der Waals surface area contributed by atoms with Crippen molar-refractivity contribution in [2.45, 2.75) is 83.0 Å². The zero-order chi connectivity index (χ0) is 19.4. The number of carboxylic acid groups (broad SMARTS) is 1. The van der Waals surface area contributed by atoms with Crippen LogP contribution in [-0.4, -0.2) is 16.1 Å². The van der Waals surface area contributed by atoms with Gasteiger partial charge in [0.05, 0.1) is 6.42 Å². The van der Waals surface area contributed by atoms with Gasteiger partial charge in [0, 0.05) is 22.0 Å². The first kappa shape index (κ1) is 19.7. The molecule has 3 heteroatoms. The van der Waals surface area contributed by atoms with E-state index < -0.39 is 5.97 Å². The van der Waals surface area contributed by atoms with Crippen LogP contribution in [0.4, 0.5) is 0 Å². The standard InChI is InChI=1S/C24H33NO2/c1-4-7-8-9-11-18-14-15-24(6-3,16-20(26)27)23-21(18)19-13-10-12-17(5-2)22(19)25-23/h4,10,12-13,18,25H,1,5-9,11,14-16H2,2-3H3,(H,26,27). The largest absolute Gasteiger partial charge is 0.481 e. The molecule has 0 spiro atoms. The fourth-order valence-electron chi connectivity index (χ4n) is 5.07. The normalized spacial score (nSPS) is 21.9. The van der Waals surface area contributed by atoms with Crippen molar-refractivity contribution in [2.24, 2.45) is 0 Å². The number of allylic oxidation sites excluding steroid dienone is 1. The molecule has 0 fully saturated rings. The summed E-state index contributed by atoms with van der Waals surface area (Å²) in [6, 6.07) is 6.57. The van der Waals surface area contributed by atoms with Crippen molar-refractivity contribution in [3.05, 3.63) is 47.7 Å². The van der Waals surface area contributed by atoms with E-state index >= 15 is 0 Å². The van der Waals surface area contributed by atoms with Gasteiger partial charge in [-0.1, -0.05) is 44.5 Å². The van der Waals surface area contributed by atoms with Gasteiger partial charge >= 0.3 is 5.97 Å². The minimum atomic E-state index is -0.693. The zero-order valence-electron chi connectivity index (χ0n) is 16.8. The smallest absolute Gasteiger partial charge is 0.304 e. The Kier molecular flexibility index (Phi) is 6.08. The number of aromatic amines is 1. The van der Waals surface area contributed by atoms with E-state index in [0.29, 0.717) is 5.92 Å². The molecular weight excluding hydrogens is 334 g/mol. The van der Waals surface area contributed by atoms with Gasteiger partial charge in [0.15, 0.2) is 0 Å². The molecule has 0 saturated carbocycles. The van der Waals surface area contributed by atoms with Gasteiger partial charge in [0.25, 0.3) is 0 Å². The predicted octanol–water partition coefficient (Wildman–Crippen LogP) is 6.48. The van der Waals surface area contributed by atoms with E-state index in [1.54, 1.807) is 0 Å². The summed E-state index contributed by atoms with van der Waals surface area (Å²) in [5.41, 5.74) is 4.92. The van der Waals surface area contributed by atoms with Gasteiger partial charge in [-0.3, -0.25) is 4.79 Å². The number of aromatic nitrogens is 1. The molecule has 1 aromatic carbocycles. The lowest BCUT2D eigenvalue weighted by Gasteiger charge is -2.39. The molecule has 2 atom stereocenters. The van der Waals surface area contributed by atoms with Crippen molar-refractivity contribution in [1.82, 2.24) is 4.98 Å². The molecular formula is C24H33NO2. The Balaban J connectivity index is 2.09. The molecule has 0 saturated heterocycles. The van der Waals surface area contributed by atoms with Crippen LogP contribution >= 0.6 is 0 Å². The zero-order valence-corrected chi connectivity index (χ0v) is 16.8. The van der Waals surface area contributed by atoms with Crippen LogP contribution in [0.15, 0.2) is 30.9 Å². The van der Waals surface area contributed by atoms with Crippen molar-refractivity contribution in [2.75, 3.05) is 0 Å². The van der Waals surface area contributed by atoms with Gasteiger partial charge in [0.1, 0.15) is 0 Å². The fraction of sp³-hybridized carbons (Fsp3) is 0.542. The van der Waals surface area contributed by atoms with Gasteiger partial charge < -0.3 is 10.1 Å². The number of fused-ring (bicyclic) bond motifs is 3. The van der Waals surface area contributed by atoms with Gasteiger partial charge in [-0.2, -0.15) is 0 Å². The van der Waals surface area contributed by atoms with Crippen molar-refractivity contribution < 1.29 is 9.90 Å². The first-order valence-electron chi connectivity index (χ1n) is 10.5. The number of hydrogen-bond acceptors (Lipinski definition) is 1. The van der Waals surface area contributed by atoms with Crippen molar-refractivity contribution in [1.29, 1.82) is 0 Å². The maximum Gasteiger partial charge on any atom is 0.304 e. The van der Waals surface area contributed by atoms with E-state index in [9.17, 15) is 9.90 Å². The van der Waals surface area contributed by atoms with Crippen LogP contribution < -0.4 is 0 Å². The number of benzene rings is 1. The minimum Gasteiger partial charge on any atom is -0.481 e. The van der Waals surface area contributed by atoms with Gasteiger partial charge in [-0.05, 0) is 62.0 Å². The summed E-state index contributed by atoms with van der Waals surface area (Å²) in [7, 11) is 0. The minimum absolute atomic E-state index is 0.216. The van der Waals surface area contributed by atoms with Crippen LogP contribution in [0.3, 0.4) is 0 Å². The highest BCUT2D eigenvalue weighted by Crippen LogP contribution is 2.51. The highest BCUT2D eigenvalue weighted by atomic mass is 16.4. The Morgan fingerprint density at radius 2 is 2.19 bits per heavy atom. The lowest BCUT2D eigenvalue weighted by atomic mass is 9.65. The molecule has 0 radical (unpaired) electrons. The third-order valence-electron chi connectivity index (χ3n) is 6.63. The topological polar surface area (TPSA) is 53.1 Å². The van der Waals surface area contributed by atoms with Crippen molar-refractivity contribution in [3.8, 4) is 0 Å². The van der Waals surface area contributed by atoms with Crippen LogP contribution in [-0.2, 0) is 16.6 Å². The van der Waals surface area contributed by atoms with Crippen molar-refractivity contribution in [3.63, 3.8) is 0 Å². The number of carbonyl (C=O) groups is 1. The van der Waals surface area contributed by atoms with E-state index in [1.165, 1.54) is 47.0 Å². The molecule has 27 heavy (non-hydrogen) atoms. The fourth-order valence-corrected chi connectivity index (χ4v) is 5.07. The summed E-state index contributed by atoms with van der Waals surface area (Å²) in [6.07, 6.45) is 10.8. The highest BCUT2D eigenvalue weighted by Gasteiger charge is 2.42. The third kappa shape index (κ3) is 3.69. The van der Waals surface area contributed by atoms with E-state index in [2.05, 4.69) is 43.6 Å². The summed E-state index contributed by atoms with van der Waals surface area (Å²) in [5.74, 6) is -0.166. The molecule has 0 bridgehead atoms. The molecule has 1 aromatic heterocycles. The molecule has 2 N–H and O–H groups in total. The summed E-state index contributed by atoms with van der Waals surface area (Å²) in [5, 5.41) is 10.9. The Morgan fingerprint density at radius 3 is 2.85 bits per heavy atom. The molecule has 1 aliphatic rings. The maximum atomic E-state index is 11.7. The second-order valence-electron chi connectivity index (χ2n) is 8.12. The second kappa shape index (κ2) is 8.33. The molecule has 0 amide bonds. The Labute approximate surface area is 162 Å². The first-order chi connectivity index (χ1) is 13.1. The molecule has 3 rings (SSSR count). The number of H-pyrrole nitrogens is 1. The number of unbranched alkanes of at least 4 members (excludes halogenated alkanes) is 2. The van der Waals surface area contributed by atoms with Gasteiger partial charge in [-0.15, -0.1) is 6.58 Å². The summed E-state index contributed by atoms with van der Waals surface area (Å²) in [4.78, 5) is 15.4. The molecule has 1 aliphatic carbocycles. The number of aliphatic carboxylic acids is 1. The number of aryl methyl sites for hydroxylation is 1. The summed E-state index contributed by atoms with van der Waals surface area (Å²) in [6.45, 7) is 8.16. The lowest BCUT2D eigenvalue weighted by Crippen LogP contribution is -2.34. The number of hydrogen-bond donors (Lipinski definition) is 2. The van der Waals surface area contributed by atoms with Crippen LogP contribution in [0.5, 0.6) is 0 Å². The number of carboxylic acids is 1. The number of nitrogens with one attached hydrogen (secondary N) is 1. The molecule has 3 nitrogen and oxygen atoms in total. The van der Waals surface area contributed by atoms with Crippen LogP contribution in [0.2, 0.25) is 0 Å². The monoisotopic (exact) mass is 367 g/mol. The SMILES string of the molecule is C=CCCCCC1CCC(CC)(CC(=O)O)c2[nH]c3c(CC)cccc3c21. The third-order valence-corrected chi connectivity index (χ3v) is 6.63. The van der Waals surface area contributed by atoms with Crippen molar-refractivity contribution >= 4 is 16.9 Å². The van der Waals surface area contributed by atoms with Crippen LogP contribution in [0, 0.1) is 0 Å².